The molecule has 1 aromatic carbocycles. The summed E-state index contributed by atoms with van der Waals surface area (Å²) in [5.41, 5.74) is 1.20. The van der Waals surface area contributed by atoms with E-state index in [1.807, 2.05) is 18.2 Å². The maximum absolute atomic E-state index is 10.1. The van der Waals surface area contributed by atoms with Crippen molar-refractivity contribution in [1.82, 2.24) is 10.2 Å². The van der Waals surface area contributed by atoms with Crippen molar-refractivity contribution in [2.45, 2.75) is 45.4 Å². The smallest absolute Gasteiger partial charge is 0.122 e. The SMILES string of the molecule is COc1ccccc1CC(C)N(C)CC(O)CNC(C)C. The number of nitrogens with zero attached hydrogens (tertiary/aromatic N) is 1. The van der Waals surface area contributed by atoms with Gasteiger partial charge in [0.1, 0.15) is 5.75 Å². The molecular formula is C17H30N2O2. The van der Waals surface area contributed by atoms with E-state index in [9.17, 15) is 5.11 Å². The third-order valence-corrected chi connectivity index (χ3v) is 3.72. The number of benzene rings is 1. The average molecular weight is 294 g/mol. The number of hydrogen-bond acceptors (Lipinski definition) is 4. The Morgan fingerprint density at radius 3 is 2.52 bits per heavy atom. The molecule has 0 heterocycles. The fourth-order valence-corrected chi connectivity index (χ4v) is 2.29. The maximum atomic E-state index is 10.1. The van der Waals surface area contributed by atoms with E-state index in [0.29, 0.717) is 25.2 Å². The minimum absolute atomic E-state index is 0.343. The molecule has 1 aromatic rings. The number of para-hydroxylation sites is 1. The van der Waals surface area contributed by atoms with Gasteiger partial charge in [0.15, 0.2) is 0 Å². The third kappa shape index (κ3) is 6.46. The first-order valence-electron chi connectivity index (χ1n) is 7.67. The first kappa shape index (κ1) is 18.0. The summed E-state index contributed by atoms with van der Waals surface area (Å²) >= 11 is 0. The summed E-state index contributed by atoms with van der Waals surface area (Å²) in [6, 6.07) is 8.85. The number of likely N-dealkylation sites (N-methyl/N-ethyl adjacent to an activating group) is 1. The van der Waals surface area contributed by atoms with E-state index in [2.05, 4.69) is 44.1 Å². The zero-order valence-corrected chi connectivity index (χ0v) is 14.0. The highest BCUT2D eigenvalue weighted by Crippen LogP contribution is 2.20. The van der Waals surface area contributed by atoms with Gasteiger partial charge in [-0.2, -0.15) is 0 Å². The van der Waals surface area contributed by atoms with Crippen molar-refractivity contribution in [2.75, 3.05) is 27.2 Å². The van der Waals surface area contributed by atoms with Crippen LogP contribution >= 0.6 is 0 Å². The van der Waals surface area contributed by atoms with Gasteiger partial charge in [0.2, 0.25) is 0 Å². The molecule has 0 spiro atoms. The molecule has 0 radical (unpaired) electrons. The molecule has 4 nitrogen and oxygen atoms in total. The molecule has 0 aliphatic rings. The molecule has 2 unspecified atom stereocenters. The molecule has 0 saturated carbocycles. The van der Waals surface area contributed by atoms with Gasteiger partial charge in [0.25, 0.3) is 0 Å². The fourth-order valence-electron chi connectivity index (χ4n) is 2.29. The van der Waals surface area contributed by atoms with Gasteiger partial charge in [0, 0.05) is 25.2 Å². The highest BCUT2D eigenvalue weighted by atomic mass is 16.5. The average Bonchev–Trinajstić information content (AvgIpc) is 2.45. The van der Waals surface area contributed by atoms with Crippen LogP contribution < -0.4 is 10.1 Å². The molecule has 0 aliphatic carbocycles. The van der Waals surface area contributed by atoms with Crippen molar-refractivity contribution in [3.05, 3.63) is 29.8 Å². The number of rotatable bonds is 9. The van der Waals surface area contributed by atoms with Gasteiger partial charge in [-0.3, -0.25) is 0 Å². The predicted molar refractivity (Wildman–Crippen MR) is 87.9 cm³/mol. The molecule has 0 aromatic heterocycles. The normalized spacial score (nSPS) is 14.5. The summed E-state index contributed by atoms with van der Waals surface area (Å²) in [7, 11) is 3.76. The number of hydrogen-bond donors (Lipinski definition) is 2. The Balaban J connectivity index is 2.48. The lowest BCUT2D eigenvalue weighted by atomic mass is 10.0. The van der Waals surface area contributed by atoms with E-state index >= 15 is 0 Å². The van der Waals surface area contributed by atoms with Gasteiger partial charge in [-0.15, -0.1) is 0 Å². The van der Waals surface area contributed by atoms with Crippen LogP contribution in [0.2, 0.25) is 0 Å². The second kappa shape index (κ2) is 9.03. The predicted octanol–water partition coefficient (Wildman–Crippen LogP) is 1.92. The van der Waals surface area contributed by atoms with Gasteiger partial charge >= 0.3 is 0 Å². The molecule has 2 atom stereocenters. The highest BCUT2D eigenvalue weighted by molar-refractivity contribution is 5.33. The van der Waals surface area contributed by atoms with Crippen molar-refractivity contribution in [1.29, 1.82) is 0 Å². The van der Waals surface area contributed by atoms with E-state index in [1.54, 1.807) is 7.11 Å². The molecule has 120 valence electrons. The molecule has 2 N–H and O–H groups in total. The van der Waals surface area contributed by atoms with E-state index < -0.39 is 0 Å². The quantitative estimate of drug-likeness (QED) is 0.730. The molecule has 21 heavy (non-hydrogen) atoms. The van der Waals surface area contributed by atoms with Crippen LogP contribution in [0.3, 0.4) is 0 Å². The zero-order chi connectivity index (χ0) is 15.8. The monoisotopic (exact) mass is 294 g/mol. The van der Waals surface area contributed by atoms with Crippen molar-refractivity contribution in [3.8, 4) is 5.75 Å². The van der Waals surface area contributed by atoms with Crippen molar-refractivity contribution in [3.63, 3.8) is 0 Å². The summed E-state index contributed by atoms with van der Waals surface area (Å²) in [4.78, 5) is 2.19. The molecule has 1 rings (SSSR count). The van der Waals surface area contributed by atoms with Crippen LogP contribution in [0.5, 0.6) is 5.75 Å². The van der Waals surface area contributed by atoms with Gasteiger partial charge in [-0.25, -0.2) is 0 Å². The number of nitrogens with one attached hydrogen (secondary N) is 1. The van der Waals surface area contributed by atoms with E-state index in [4.69, 9.17) is 4.74 Å². The topological polar surface area (TPSA) is 44.7 Å². The third-order valence-electron chi connectivity index (χ3n) is 3.72. The molecule has 0 bridgehead atoms. The van der Waals surface area contributed by atoms with Gasteiger partial charge in [-0.05, 0) is 32.0 Å². The summed E-state index contributed by atoms with van der Waals surface area (Å²) in [5, 5.41) is 13.3. The summed E-state index contributed by atoms with van der Waals surface area (Å²) in [6.45, 7) is 7.63. The minimum Gasteiger partial charge on any atom is -0.496 e. The van der Waals surface area contributed by atoms with Crippen molar-refractivity contribution in [2.24, 2.45) is 0 Å². The van der Waals surface area contributed by atoms with Gasteiger partial charge in [-0.1, -0.05) is 32.0 Å². The van der Waals surface area contributed by atoms with Crippen molar-refractivity contribution < 1.29 is 9.84 Å². The summed E-state index contributed by atoms with van der Waals surface area (Å²) in [5.74, 6) is 0.930. The minimum atomic E-state index is -0.350. The van der Waals surface area contributed by atoms with E-state index in [0.717, 1.165) is 12.2 Å². The van der Waals surface area contributed by atoms with Gasteiger partial charge < -0.3 is 20.1 Å². The zero-order valence-electron chi connectivity index (χ0n) is 14.0. The second-order valence-electron chi connectivity index (χ2n) is 6.02. The lowest BCUT2D eigenvalue weighted by molar-refractivity contribution is 0.105. The first-order chi connectivity index (χ1) is 9.93. The summed E-state index contributed by atoms with van der Waals surface area (Å²) in [6.07, 6.45) is 0.558. The molecule has 0 fully saturated rings. The molecule has 4 heteroatoms. The van der Waals surface area contributed by atoms with Crippen molar-refractivity contribution >= 4 is 0 Å². The summed E-state index contributed by atoms with van der Waals surface area (Å²) < 4.78 is 5.39. The molecule has 0 amide bonds. The van der Waals surface area contributed by atoms with Crippen LogP contribution in [0.4, 0.5) is 0 Å². The number of methoxy groups -OCH3 is 1. The Bertz CT molecular complexity index is 410. The largest absolute Gasteiger partial charge is 0.496 e. The standard InChI is InChI=1S/C17H30N2O2/c1-13(2)18-11-16(20)12-19(4)14(3)10-15-8-6-7-9-17(15)21-5/h6-9,13-14,16,18,20H,10-12H2,1-5H3. The Morgan fingerprint density at radius 2 is 1.90 bits per heavy atom. The number of aliphatic hydroxyl groups excluding tert-OH is 1. The van der Waals surface area contributed by atoms with E-state index in [-0.39, 0.29) is 6.10 Å². The van der Waals surface area contributed by atoms with E-state index in [1.165, 1.54) is 5.56 Å². The van der Waals surface area contributed by atoms with Crippen LogP contribution in [0.1, 0.15) is 26.3 Å². The lowest BCUT2D eigenvalue weighted by Gasteiger charge is -2.28. The van der Waals surface area contributed by atoms with Crippen LogP contribution in [0.15, 0.2) is 24.3 Å². The Labute approximate surface area is 129 Å². The Hall–Kier alpha value is -1.10. The molecular weight excluding hydrogens is 264 g/mol. The Kier molecular flexibility index (Phi) is 7.72. The number of ether oxygens (including phenoxy) is 1. The fraction of sp³-hybridized carbons (Fsp3) is 0.647. The molecule has 0 aliphatic heterocycles. The van der Waals surface area contributed by atoms with Gasteiger partial charge in [0.05, 0.1) is 13.2 Å². The Morgan fingerprint density at radius 1 is 1.24 bits per heavy atom. The highest BCUT2D eigenvalue weighted by Gasteiger charge is 2.16. The van der Waals surface area contributed by atoms with Crippen LogP contribution in [0, 0.1) is 0 Å². The lowest BCUT2D eigenvalue weighted by Crippen LogP contribution is -2.42. The number of aliphatic hydroxyl groups is 1. The first-order valence-corrected chi connectivity index (χ1v) is 7.67. The maximum Gasteiger partial charge on any atom is 0.122 e. The van der Waals surface area contributed by atoms with Crippen LogP contribution in [-0.2, 0) is 6.42 Å². The van der Waals surface area contributed by atoms with Crippen LogP contribution in [0.25, 0.3) is 0 Å². The second-order valence-corrected chi connectivity index (χ2v) is 6.02. The van der Waals surface area contributed by atoms with Crippen LogP contribution in [-0.4, -0.2) is 55.4 Å². The molecule has 0 saturated heterocycles.